The minimum atomic E-state index is -0.202. The Morgan fingerprint density at radius 1 is 1.14 bits per heavy atom. The third-order valence-corrected chi connectivity index (χ3v) is 4.49. The van der Waals surface area contributed by atoms with Crippen LogP contribution in [0.4, 0.5) is 9.80 Å². The molecule has 3 heterocycles. The van der Waals surface area contributed by atoms with Gasteiger partial charge in [-0.15, -0.1) is 22.7 Å². The van der Waals surface area contributed by atoms with Crippen molar-refractivity contribution in [1.29, 1.82) is 0 Å². The van der Waals surface area contributed by atoms with Crippen molar-refractivity contribution in [2.45, 2.75) is 6.54 Å². The number of nitrogens with zero attached hydrogens (tertiary/aromatic N) is 1. The highest BCUT2D eigenvalue weighted by molar-refractivity contribution is 7.14. The van der Waals surface area contributed by atoms with Crippen LogP contribution in [0.1, 0.15) is 5.56 Å². The van der Waals surface area contributed by atoms with Gasteiger partial charge in [-0.25, -0.2) is 4.79 Å². The number of pyridine rings is 1. The molecular weight excluding hydrogens is 302 g/mol. The van der Waals surface area contributed by atoms with Crippen molar-refractivity contribution in [2.75, 3.05) is 5.32 Å². The molecule has 0 atom stereocenters. The summed E-state index contributed by atoms with van der Waals surface area (Å²) in [6.07, 6.45) is 1.77. The highest BCUT2D eigenvalue weighted by Gasteiger charge is 2.04. The van der Waals surface area contributed by atoms with Gasteiger partial charge in [0.25, 0.3) is 0 Å². The lowest BCUT2D eigenvalue weighted by Crippen LogP contribution is -2.27. The van der Waals surface area contributed by atoms with Crippen LogP contribution in [-0.2, 0) is 6.54 Å². The second-order valence-electron chi connectivity index (χ2n) is 4.31. The van der Waals surface area contributed by atoms with E-state index in [1.807, 2.05) is 47.2 Å². The zero-order valence-corrected chi connectivity index (χ0v) is 12.7. The molecule has 0 saturated carbocycles. The maximum atomic E-state index is 11.8. The van der Waals surface area contributed by atoms with Gasteiger partial charge in [0.1, 0.15) is 0 Å². The third kappa shape index (κ3) is 3.68. The molecular formula is C15H13N3OS2. The number of thiophene rings is 2. The van der Waals surface area contributed by atoms with E-state index in [1.54, 1.807) is 17.5 Å². The normalized spacial score (nSPS) is 10.3. The average Bonchev–Trinajstić information content (AvgIpc) is 3.19. The molecule has 3 aromatic heterocycles. The zero-order chi connectivity index (χ0) is 14.5. The monoisotopic (exact) mass is 315 g/mol. The first-order valence-electron chi connectivity index (χ1n) is 6.38. The first-order chi connectivity index (χ1) is 10.3. The van der Waals surface area contributed by atoms with Crippen LogP contribution in [0.3, 0.4) is 0 Å². The van der Waals surface area contributed by atoms with E-state index in [0.717, 1.165) is 21.1 Å². The van der Waals surface area contributed by atoms with Crippen molar-refractivity contribution in [3.8, 4) is 10.6 Å². The number of urea groups is 1. The van der Waals surface area contributed by atoms with Gasteiger partial charge in [0.15, 0.2) is 0 Å². The van der Waals surface area contributed by atoms with E-state index in [0.29, 0.717) is 6.54 Å². The Kier molecular flexibility index (Phi) is 4.28. The lowest BCUT2D eigenvalue weighted by Gasteiger charge is -2.07. The molecule has 0 bridgehead atoms. The number of carbonyl (C=O) groups is 1. The standard InChI is InChI=1S/C15H13N3OS2/c19-15(18-14-4-2-8-21-14)17-10-11-5-6-16-12(9-11)13-3-1-7-20-13/h1-9H,10H2,(H2,17,18,19). The van der Waals surface area contributed by atoms with E-state index < -0.39 is 0 Å². The van der Waals surface area contributed by atoms with Gasteiger partial charge in [0.2, 0.25) is 0 Å². The lowest BCUT2D eigenvalue weighted by atomic mass is 10.2. The van der Waals surface area contributed by atoms with Crippen LogP contribution in [0.2, 0.25) is 0 Å². The molecule has 0 saturated heterocycles. The van der Waals surface area contributed by atoms with E-state index >= 15 is 0 Å². The largest absolute Gasteiger partial charge is 0.334 e. The summed E-state index contributed by atoms with van der Waals surface area (Å²) in [5, 5.41) is 10.4. The number of anilines is 1. The Labute approximate surface area is 130 Å². The summed E-state index contributed by atoms with van der Waals surface area (Å²) in [6.45, 7) is 0.470. The van der Waals surface area contributed by atoms with Crippen molar-refractivity contribution >= 4 is 33.7 Å². The Balaban J connectivity index is 1.60. The first kappa shape index (κ1) is 13.8. The lowest BCUT2D eigenvalue weighted by molar-refractivity contribution is 0.252. The van der Waals surface area contributed by atoms with Crippen molar-refractivity contribution in [2.24, 2.45) is 0 Å². The number of aromatic nitrogens is 1. The summed E-state index contributed by atoms with van der Waals surface area (Å²) in [7, 11) is 0. The molecule has 0 aliphatic heterocycles. The van der Waals surface area contributed by atoms with Crippen molar-refractivity contribution in [3.63, 3.8) is 0 Å². The maximum Gasteiger partial charge on any atom is 0.320 e. The van der Waals surface area contributed by atoms with Gasteiger partial charge in [0.05, 0.1) is 15.6 Å². The Bertz CT molecular complexity index is 708. The minimum Gasteiger partial charge on any atom is -0.334 e. The van der Waals surface area contributed by atoms with Crippen LogP contribution in [0.5, 0.6) is 0 Å². The van der Waals surface area contributed by atoms with Gasteiger partial charge in [-0.05, 0) is 46.7 Å². The molecule has 0 aliphatic carbocycles. The van der Waals surface area contributed by atoms with Gasteiger partial charge in [-0.3, -0.25) is 10.3 Å². The van der Waals surface area contributed by atoms with Crippen molar-refractivity contribution in [1.82, 2.24) is 10.3 Å². The second-order valence-corrected chi connectivity index (χ2v) is 6.21. The minimum absolute atomic E-state index is 0.202. The molecule has 106 valence electrons. The molecule has 0 aliphatic rings. The topological polar surface area (TPSA) is 54.0 Å². The summed E-state index contributed by atoms with van der Waals surface area (Å²) in [6, 6.07) is 11.5. The van der Waals surface area contributed by atoms with E-state index in [1.165, 1.54) is 11.3 Å². The summed E-state index contributed by atoms with van der Waals surface area (Å²) < 4.78 is 0. The summed E-state index contributed by atoms with van der Waals surface area (Å²) in [4.78, 5) is 17.2. The van der Waals surface area contributed by atoms with Gasteiger partial charge >= 0.3 is 6.03 Å². The number of nitrogens with one attached hydrogen (secondary N) is 2. The number of hydrogen-bond acceptors (Lipinski definition) is 4. The van der Waals surface area contributed by atoms with Crippen molar-refractivity contribution in [3.05, 3.63) is 58.9 Å². The Morgan fingerprint density at radius 2 is 2.00 bits per heavy atom. The predicted octanol–water partition coefficient (Wildman–Crippen LogP) is 4.19. The van der Waals surface area contributed by atoms with Crippen LogP contribution in [0.25, 0.3) is 10.6 Å². The van der Waals surface area contributed by atoms with E-state index in [-0.39, 0.29) is 6.03 Å². The molecule has 6 heteroatoms. The summed E-state index contributed by atoms with van der Waals surface area (Å²) in [5.41, 5.74) is 1.96. The average molecular weight is 315 g/mol. The van der Waals surface area contributed by atoms with Crippen molar-refractivity contribution < 1.29 is 4.79 Å². The second kappa shape index (κ2) is 6.51. The molecule has 0 spiro atoms. The van der Waals surface area contributed by atoms with Crippen LogP contribution < -0.4 is 10.6 Å². The quantitative estimate of drug-likeness (QED) is 0.758. The third-order valence-electron chi connectivity index (χ3n) is 2.81. The smallest absolute Gasteiger partial charge is 0.320 e. The number of hydrogen-bond donors (Lipinski definition) is 2. The first-order valence-corrected chi connectivity index (χ1v) is 8.14. The number of rotatable bonds is 4. The maximum absolute atomic E-state index is 11.8. The van der Waals surface area contributed by atoms with Gasteiger partial charge in [-0.1, -0.05) is 6.07 Å². The molecule has 3 rings (SSSR count). The molecule has 0 aromatic carbocycles. The fraction of sp³-hybridized carbons (Fsp3) is 0.0667. The number of carbonyl (C=O) groups excluding carboxylic acids is 1. The predicted molar refractivity (Wildman–Crippen MR) is 87.7 cm³/mol. The van der Waals surface area contributed by atoms with Crippen LogP contribution >= 0.6 is 22.7 Å². The van der Waals surface area contributed by atoms with Crippen LogP contribution in [0, 0.1) is 0 Å². The summed E-state index contributed by atoms with van der Waals surface area (Å²) in [5.74, 6) is 0. The Morgan fingerprint density at radius 3 is 2.76 bits per heavy atom. The van der Waals surface area contributed by atoms with E-state index in [2.05, 4.69) is 15.6 Å². The fourth-order valence-corrected chi connectivity index (χ4v) is 3.14. The molecule has 0 radical (unpaired) electrons. The van der Waals surface area contributed by atoms with E-state index in [9.17, 15) is 4.79 Å². The molecule has 2 amide bonds. The fourth-order valence-electron chi connectivity index (χ4n) is 1.83. The Hall–Kier alpha value is -2.18. The van der Waals surface area contributed by atoms with Gasteiger partial charge in [0, 0.05) is 12.7 Å². The van der Waals surface area contributed by atoms with E-state index in [4.69, 9.17) is 0 Å². The van der Waals surface area contributed by atoms with Crippen LogP contribution in [0.15, 0.2) is 53.4 Å². The molecule has 21 heavy (non-hydrogen) atoms. The van der Waals surface area contributed by atoms with Gasteiger partial charge < -0.3 is 5.32 Å². The number of amides is 2. The molecule has 2 N–H and O–H groups in total. The highest BCUT2D eigenvalue weighted by atomic mass is 32.1. The van der Waals surface area contributed by atoms with Gasteiger partial charge in [-0.2, -0.15) is 0 Å². The molecule has 4 nitrogen and oxygen atoms in total. The molecule has 3 aromatic rings. The highest BCUT2D eigenvalue weighted by Crippen LogP contribution is 2.23. The summed E-state index contributed by atoms with van der Waals surface area (Å²) >= 11 is 3.14. The SMILES string of the molecule is O=C(NCc1ccnc(-c2cccs2)c1)Nc1cccs1. The zero-order valence-electron chi connectivity index (χ0n) is 11.1. The molecule has 0 fully saturated rings. The van der Waals surface area contributed by atoms with Crippen LogP contribution in [-0.4, -0.2) is 11.0 Å². The molecule has 0 unspecified atom stereocenters.